The van der Waals surface area contributed by atoms with E-state index in [1.54, 1.807) is 30.7 Å². The number of thiophene rings is 1. The molecule has 0 spiro atoms. The molecule has 2 aromatic rings. The number of nitrogens with zero attached hydrogens (tertiary/aromatic N) is 2. The molecule has 2 rings (SSSR count). The highest BCUT2D eigenvalue weighted by Crippen LogP contribution is 2.18. The molecule has 2 aromatic heterocycles. The van der Waals surface area contributed by atoms with Crippen molar-refractivity contribution in [1.29, 1.82) is 0 Å². The van der Waals surface area contributed by atoms with Crippen molar-refractivity contribution in [2.45, 2.75) is 19.9 Å². The van der Waals surface area contributed by atoms with Crippen LogP contribution in [-0.4, -0.2) is 17.1 Å². The summed E-state index contributed by atoms with van der Waals surface area (Å²) in [6, 6.07) is 3.89. The zero-order chi connectivity index (χ0) is 12.1. The van der Waals surface area contributed by atoms with Crippen molar-refractivity contribution in [3.8, 4) is 5.88 Å². The fraction of sp³-hybridized carbons (Fsp3) is 0.333. The molecule has 0 aliphatic carbocycles. The van der Waals surface area contributed by atoms with Crippen LogP contribution in [-0.2, 0) is 13.0 Å². The lowest BCUT2D eigenvalue weighted by Gasteiger charge is -2.05. The summed E-state index contributed by atoms with van der Waals surface area (Å²) < 4.78 is 5.05. The maximum Gasteiger partial charge on any atom is 0.226 e. The van der Waals surface area contributed by atoms with E-state index in [1.165, 1.54) is 10.4 Å². The summed E-state index contributed by atoms with van der Waals surface area (Å²) in [6.45, 7) is 2.92. The Kier molecular flexibility index (Phi) is 3.93. The van der Waals surface area contributed by atoms with E-state index >= 15 is 0 Å². The molecule has 0 aliphatic rings. The van der Waals surface area contributed by atoms with Gasteiger partial charge in [-0.3, -0.25) is 0 Å². The molecule has 0 saturated heterocycles. The van der Waals surface area contributed by atoms with Crippen molar-refractivity contribution < 1.29 is 4.74 Å². The van der Waals surface area contributed by atoms with Crippen LogP contribution < -0.4 is 10.1 Å². The van der Waals surface area contributed by atoms with Gasteiger partial charge in [0.05, 0.1) is 13.7 Å². The van der Waals surface area contributed by atoms with E-state index in [9.17, 15) is 0 Å². The van der Waals surface area contributed by atoms with E-state index in [0.29, 0.717) is 11.8 Å². The van der Waals surface area contributed by atoms with Crippen molar-refractivity contribution in [1.82, 2.24) is 9.97 Å². The molecule has 0 saturated carbocycles. The Balaban J connectivity index is 2.02. The summed E-state index contributed by atoms with van der Waals surface area (Å²) in [4.78, 5) is 9.68. The van der Waals surface area contributed by atoms with E-state index in [4.69, 9.17) is 4.74 Å². The van der Waals surface area contributed by atoms with Crippen LogP contribution in [0.4, 0.5) is 5.95 Å². The van der Waals surface area contributed by atoms with Gasteiger partial charge in [0.2, 0.25) is 11.8 Å². The fourth-order valence-corrected chi connectivity index (χ4v) is 2.45. The van der Waals surface area contributed by atoms with E-state index < -0.39 is 0 Å². The topological polar surface area (TPSA) is 47.0 Å². The third kappa shape index (κ3) is 2.94. The van der Waals surface area contributed by atoms with Crippen molar-refractivity contribution in [3.05, 3.63) is 34.2 Å². The van der Waals surface area contributed by atoms with Crippen molar-refractivity contribution in [3.63, 3.8) is 0 Å². The molecule has 0 aromatic carbocycles. The summed E-state index contributed by atoms with van der Waals surface area (Å²) in [5.41, 5.74) is 1.38. The van der Waals surface area contributed by atoms with Crippen LogP contribution in [0.25, 0.3) is 0 Å². The Labute approximate surface area is 105 Å². The fourth-order valence-electron chi connectivity index (χ4n) is 1.54. The van der Waals surface area contributed by atoms with Gasteiger partial charge in [-0.25, -0.2) is 4.98 Å². The maximum absolute atomic E-state index is 5.05. The van der Waals surface area contributed by atoms with Gasteiger partial charge in [0.25, 0.3) is 0 Å². The second-order valence-electron chi connectivity index (χ2n) is 3.50. The molecule has 0 atom stereocenters. The second-order valence-corrected chi connectivity index (χ2v) is 4.50. The van der Waals surface area contributed by atoms with Gasteiger partial charge in [-0.05, 0) is 23.4 Å². The van der Waals surface area contributed by atoms with Gasteiger partial charge in [-0.15, -0.1) is 11.3 Å². The second kappa shape index (κ2) is 5.63. The number of nitrogens with one attached hydrogen (secondary N) is 1. The summed E-state index contributed by atoms with van der Waals surface area (Å²) in [5, 5.41) is 5.32. The first-order chi connectivity index (χ1) is 8.33. The summed E-state index contributed by atoms with van der Waals surface area (Å²) >= 11 is 1.75. The molecule has 0 unspecified atom stereocenters. The zero-order valence-corrected chi connectivity index (χ0v) is 10.8. The minimum absolute atomic E-state index is 0.574. The molecule has 1 N–H and O–H groups in total. The Morgan fingerprint density at radius 2 is 2.29 bits per heavy atom. The predicted octanol–water partition coefficient (Wildman–Crippen LogP) is 2.72. The lowest BCUT2D eigenvalue weighted by Crippen LogP contribution is -2.04. The lowest BCUT2D eigenvalue weighted by molar-refractivity contribution is 0.397. The van der Waals surface area contributed by atoms with E-state index in [2.05, 4.69) is 33.7 Å². The van der Waals surface area contributed by atoms with Gasteiger partial charge in [0, 0.05) is 17.1 Å². The maximum atomic E-state index is 5.05. The number of rotatable bonds is 5. The van der Waals surface area contributed by atoms with Gasteiger partial charge in [0.1, 0.15) is 0 Å². The first kappa shape index (κ1) is 11.9. The lowest BCUT2D eigenvalue weighted by atomic mass is 10.2. The van der Waals surface area contributed by atoms with Crippen molar-refractivity contribution in [2.75, 3.05) is 12.4 Å². The summed E-state index contributed by atoms with van der Waals surface area (Å²) in [6.07, 6.45) is 2.74. The number of aryl methyl sites for hydroxylation is 1. The Hall–Kier alpha value is -1.62. The summed E-state index contributed by atoms with van der Waals surface area (Å²) in [5.74, 6) is 1.17. The van der Waals surface area contributed by atoms with Gasteiger partial charge in [-0.2, -0.15) is 4.98 Å². The van der Waals surface area contributed by atoms with E-state index in [-0.39, 0.29) is 0 Å². The molecule has 2 heterocycles. The molecule has 0 aliphatic heterocycles. The molecule has 0 bridgehead atoms. The van der Waals surface area contributed by atoms with Crippen LogP contribution in [0.1, 0.15) is 17.4 Å². The Morgan fingerprint density at radius 3 is 3.06 bits per heavy atom. The number of anilines is 1. The number of hydrogen-bond acceptors (Lipinski definition) is 5. The van der Waals surface area contributed by atoms with Gasteiger partial charge >= 0.3 is 0 Å². The molecule has 5 heteroatoms. The number of aromatic nitrogens is 2. The van der Waals surface area contributed by atoms with Gasteiger partial charge < -0.3 is 10.1 Å². The average molecular weight is 249 g/mol. The van der Waals surface area contributed by atoms with E-state index in [0.717, 1.165) is 13.0 Å². The minimum Gasteiger partial charge on any atom is -0.481 e. The first-order valence-corrected chi connectivity index (χ1v) is 6.37. The van der Waals surface area contributed by atoms with Crippen molar-refractivity contribution >= 4 is 17.3 Å². The number of hydrogen-bond donors (Lipinski definition) is 1. The van der Waals surface area contributed by atoms with Crippen LogP contribution in [0.15, 0.2) is 23.7 Å². The molecule has 0 amide bonds. The molecule has 4 nitrogen and oxygen atoms in total. The molecule has 0 radical (unpaired) electrons. The first-order valence-electron chi connectivity index (χ1n) is 5.49. The van der Waals surface area contributed by atoms with Crippen LogP contribution in [0.3, 0.4) is 0 Å². The predicted molar refractivity (Wildman–Crippen MR) is 69.6 cm³/mol. The quantitative estimate of drug-likeness (QED) is 0.885. The minimum atomic E-state index is 0.574. The Bertz CT molecular complexity index is 484. The monoisotopic (exact) mass is 249 g/mol. The van der Waals surface area contributed by atoms with Crippen LogP contribution in [0, 0.1) is 0 Å². The third-order valence-corrected chi connectivity index (χ3v) is 3.43. The standard InChI is InChI=1S/C12H15N3OS/c1-3-9-5-7-17-10(9)8-14-12-13-6-4-11(15-12)16-2/h4-7H,3,8H2,1-2H3,(H,13,14,15). The van der Waals surface area contributed by atoms with Crippen molar-refractivity contribution in [2.24, 2.45) is 0 Å². The highest BCUT2D eigenvalue weighted by atomic mass is 32.1. The number of ether oxygens (including phenoxy) is 1. The highest BCUT2D eigenvalue weighted by Gasteiger charge is 2.03. The van der Waals surface area contributed by atoms with Gasteiger partial charge in [0.15, 0.2) is 0 Å². The smallest absolute Gasteiger partial charge is 0.226 e. The third-order valence-electron chi connectivity index (χ3n) is 2.46. The largest absolute Gasteiger partial charge is 0.481 e. The normalized spacial score (nSPS) is 10.2. The van der Waals surface area contributed by atoms with Crippen LogP contribution in [0.2, 0.25) is 0 Å². The van der Waals surface area contributed by atoms with Gasteiger partial charge in [-0.1, -0.05) is 6.92 Å². The zero-order valence-electron chi connectivity index (χ0n) is 9.93. The molecule has 17 heavy (non-hydrogen) atoms. The SMILES string of the molecule is CCc1ccsc1CNc1nccc(OC)n1. The van der Waals surface area contributed by atoms with Crippen LogP contribution in [0.5, 0.6) is 5.88 Å². The average Bonchev–Trinajstić information content (AvgIpc) is 2.84. The molecular weight excluding hydrogens is 234 g/mol. The van der Waals surface area contributed by atoms with E-state index in [1.807, 2.05) is 0 Å². The Morgan fingerprint density at radius 1 is 1.41 bits per heavy atom. The molecule has 90 valence electrons. The summed E-state index contributed by atoms with van der Waals surface area (Å²) in [7, 11) is 1.60. The molecular formula is C12H15N3OS. The highest BCUT2D eigenvalue weighted by molar-refractivity contribution is 7.10. The number of methoxy groups -OCH3 is 1. The van der Waals surface area contributed by atoms with Crippen LogP contribution >= 0.6 is 11.3 Å². The molecule has 0 fully saturated rings.